The average Bonchev–Trinajstić information content (AvgIpc) is 2.63. The molecule has 5 nitrogen and oxygen atoms in total. The number of hydrazone groups is 1. The summed E-state index contributed by atoms with van der Waals surface area (Å²) in [5.41, 5.74) is 8.70. The van der Waals surface area contributed by atoms with Gasteiger partial charge >= 0.3 is 0 Å². The number of rotatable bonds is 7. The van der Waals surface area contributed by atoms with E-state index in [1.54, 1.807) is 13.1 Å². The van der Waals surface area contributed by atoms with Crippen molar-refractivity contribution in [2.75, 3.05) is 5.43 Å². The van der Waals surface area contributed by atoms with E-state index in [2.05, 4.69) is 66.4 Å². The molecule has 0 bridgehead atoms. The molecular weight excluding hydrogens is 372 g/mol. The third kappa shape index (κ3) is 7.47. The second-order valence-corrected chi connectivity index (χ2v) is 8.57. The lowest BCUT2D eigenvalue weighted by atomic mass is 9.72. The molecule has 2 rings (SSSR count). The van der Waals surface area contributed by atoms with Gasteiger partial charge in [-0.25, -0.2) is 10.4 Å². The standard InChI is InChI=1S/C25H34N4O/c1-18(12-13-22-20(3)11-8-15-25(22,5)6)9-7-10-19(2)14-16-26-29-24-27-21(4)17-23(30)28-24/h7,9-10,12-14,16-17H,8,11,15H2,1-6H3,(H2,27,28,29,30). The summed E-state index contributed by atoms with van der Waals surface area (Å²) in [5, 5.41) is 4.06. The van der Waals surface area contributed by atoms with E-state index in [-0.39, 0.29) is 11.0 Å². The lowest BCUT2D eigenvalue weighted by Gasteiger charge is -2.32. The molecule has 1 heterocycles. The SMILES string of the molecule is CC(C=CC1=C(C)CCCC1(C)C)=CC=CC(C)=CC=NNc1nc(C)cc(=O)[nH]1. The Morgan fingerprint density at radius 1 is 1.20 bits per heavy atom. The Balaban J connectivity index is 1.92. The largest absolute Gasteiger partial charge is 0.291 e. The van der Waals surface area contributed by atoms with E-state index in [0.29, 0.717) is 11.6 Å². The summed E-state index contributed by atoms with van der Waals surface area (Å²) in [7, 11) is 0. The first-order valence-corrected chi connectivity index (χ1v) is 10.4. The summed E-state index contributed by atoms with van der Waals surface area (Å²) in [6, 6.07) is 1.43. The summed E-state index contributed by atoms with van der Waals surface area (Å²) in [5.74, 6) is 0.328. The molecule has 0 saturated heterocycles. The zero-order valence-electron chi connectivity index (χ0n) is 19.0. The zero-order chi connectivity index (χ0) is 22.1. The molecule has 0 atom stereocenters. The minimum atomic E-state index is -0.204. The van der Waals surface area contributed by atoms with Gasteiger partial charge in [0.2, 0.25) is 5.95 Å². The number of nitrogens with one attached hydrogen (secondary N) is 2. The molecule has 1 aromatic heterocycles. The van der Waals surface area contributed by atoms with Crippen LogP contribution >= 0.6 is 0 Å². The van der Waals surface area contributed by atoms with Gasteiger partial charge < -0.3 is 0 Å². The average molecular weight is 407 g/mol. The molecule has 2 N–H and O–H groups in total. The fourth-order valence-corrected chi connectivity index (χ4v) is 3.57. The molecular formula is C25H34N4O. The second kappa shape index (κ2) is 10.7. The van der Waals surface area contributed by atoms with Gasteiger partial charge in [0.1, 0.15) is 0 Å². The van der Waals surface area contributed by atoms with Gasteiger partial charge in [0.15, 0.2) is 0 Å². The van der Waals surface area contributed by atoms with Gasteiger partial charge in [0.05, 0.1) is 0 Å². The summed E-state index contributed by atoms with van der Waals surface area (Å²) < 4.78 is 0. The van der Waals surface area contributed by atoms with Gasteiger partial charge in [0.25, 0.3) is 5.56 Å². The molecule has 0 spiro atoms. The number of allylic oxidation sites excluding steroid dienone is 10. The highest BCUT2D eigenvalue weighted by atomic mass is 16.1. The molecule has 0 amide bonds. The summed E-state index contributed by atoms with van der Waals surface area (Å²) in [4.78, 5) is 18.1. The molecule has 0 unspecified atom stereocenters. The van der Waals surface area contributed by atoms with E-state index in [1.807, 2.05) is 25.2 Å². The molecule has 0 radical (unpaired) electrons. The Morgan fingerprint density at radius 2 is 1.93 bits per heavy atom. The van der Waals surface area contributed by atoms with Crippen LogP contribution in [0.25, 0.3) is 0 Å². The van der Waals surface area contributed by atoms with Crippen LogP contribution in [0.4, 0.5) is 5.95 Å². The molecule has 5 heteroatoms. The highest BCUT2D eigenvalue weighted by Crippen LogP contribution is 2.40. The van der Waals surface area contributed by atoms with Crippen LogP contribution in [0.5, 0.6) is 0 Å². The first kappa shape index (κ1) is 23.3. The van der Waals surface area contributed by atoms with E-state index >= 15 is 0 Å². The monoisotopic (exact) mass is 406 g/mol. The van der Waals surface area contributed by atoms with Crippen LogP contribution in [0.3, 0.4) is 0 Å². The Labute approximate surface area is 180 Å². The van der Waals surface area contributed by atoms with Crippen LogP contribution in [0.2, 0.25) is 0 Å². The van der Waals surface area contributed by atoms with Gasteiger partial charge in [-0.05, 0) is 69.6 Å². The zero-order valence-corrected chi connectivity index (χ0v) is 19.0. The molecule has 0 fully saturated rings. The van der Waals surface area contributed by atoms with Gasteiger partial charge in [-0.2, -0.15) is 5.10 Å². The smallest absolute Gasteiger partial charge is 0.252 e. The first-order valence-electron chi connectivity index (χ1n) is 10.4. The van der Waals surface area contributed by atoms with Crippen LogP contribution in [0.1, 0.15) is 59.6 Å². The Bertz CT molecular complexity index is 985. The van der Waals surface area contributed by atoms with Crippen LogP contribution in [0, 0.1) is 12.3 Å². The maximum atomic E-state index is 11.4. The lowest BCUT2D eigenvalue weighted by molar-refractivity contribution is 0.377. The second-order valence-electron chi connectivity index (χ2n) is 8.57. The molecule has 1 aliphatic rings. The molecule has 1 aliphatic carbocycles. The molecule has 30 heavy (non-hydrogen) atoms. The maximum Gasteiger partial charge on any atom is 0.252 e. The topological polar surface area (TPSA) is 70.1 Å². The fourth-order valence-electron chi connectivity index (χ4n) is 3.57. The molecule has 0 aromatic carbocycles. The van der Waals surface area contributed by atoms with Gasteiger partial charge in [-0.1, -0.05) is 55.4 Å². The van der Waals surface area contributed by atoms with E-state index in [9.17, 15) is 4.79 Å². The van der Waals surface area contributed by atoms with E-state index < -0.39 is 0 Å². The Kier molecular flexibility index (Phi) is 8.34. The van der Waals surface area contributed by atoms with Crippen molar-refractivity contribution in [3.05, 3.63) is 80.9 Å². The van der Waals surface area contributed by atoms with Gasteiger partial charge in [-0.3, -0.25) is 9.78 Å². The third-order valence-corrected chi connectivity index (χ3v) is 5.23. The number of H-pyrrole nitrogens is 1. The maximum absolute atomic E-state index is 11.4. The predicted molar refractivity (Wildman–Crippen MR) is 128 cm³/mol. The summed E-state index contributed by atoms with van der Waals surface area (Å²) in [6.07, 6.45) is 18.0. The number of hydrogen-bond acceptors (Lipinski definition) is 4. The summed E-state index contributed by atoms with van der Waals surface area (Å²) >= 11 is 0. The number of nitrogens with zero attached hydrogens (tertiary/aromatic N) is 2. The van der Waals surface area contributed by atoms with Crippen LogP contribution in [-0.4, -0.2) is 16.2 Å². The van der Waals surface area contributed by atoms with Crippen molar-refractivity contribution in [1.82, 2.24) is 9.97 Å². The Hall–Kier alpha value is -2.95. The normalized spacial score (nSPS) is 18.2. The van der Waals surface area contributed by atoms with Gasteiger partial charge in [-0.15, -0.1) is 0 Å². The molecule has 160 valence electrons. The Morgan fingerprint density at radius 3 is 2.63 bits per heavy atom. The number of aryl methyl sites for hydroxylation is 1. The number of hydrogen-bond donors (Lipinski definition) is 2. The highest BCUT2D eigenvalue weighted by Gasteiger charge is 2.26. The fraction of sp³-hybridized carbons (Fsp3) is 0.400. The summed E-state index contributed by atoms with van der Waals surface area (Å²) in [6.45, 7) is 12.8. The minimum absolute atomic E-state index is 0.204. The van der Waals surface area contributed by atoms with Crippen molar-refractivity contribution < 1.29 is 0 Å². The van der Waals surface area contributed by atoms with Crippen LogP contribution < -0.4 is 11.0 Å². The highest BCUT2D eigenvalue weighted by molar-refractivity contribution is 5.73. The predicted octanol–water partition coefficient (Wildman–Crippen LogP) is 6.01. The van der Waals surface area contributed by atoms with Crippen molar-refractivity contribution in [1.29, 1.82) is 0 Å². The van der Waals surface area contributed by atoms with Gasteiger partial charge in [0, 0.05) is 18.0 Å². The molecule has 1 aromatic rings. The lowest BCUT2D eigenvalue weighted by Crippen LogP contribution is -2.19. The minimum Gasteiger partial charge on any atom is -0.291 e. The van der Waals surface area contributed by atoms with Crippen LogP contribution in [-0.2, 0) is 0 Å². The third-order valence-electron chi connectivity index (χ3n) is 5.23. The number of anilines is 1. The van der Waals surface area contributed by atoms with E-state index in [4.69, 9.17) is 0 Å². The van der Waals surface area contributed by atoms with Crippen molar-refractivity contribution in [3.8, 4) is 0 Å². The van der Waals surface area contributed by atoms with Crippen molar-refractivity contribution >= 4 is 12.2 Å². The quantitative estimate of drug-likeness (QED) is 0.331. The first-order chi connectivity index (χ1) is 14.2. The van der Waals surface area contributed by atoms with E-state index in [1.165, 1.54) is 42.0 Å². The van der Waals surface area contributed by atoms with Crippen molar-refractivity contribution in [3.63, 3.8) is 0 Å². The van der Waals surface area contributed by atoms with E-state index in [0.717, 1.165) is 5.57 Å². The molecule has 0 aliphatic heterocycles. The molecule has 0 saturated carbocycles. The van der Waals surface area contributed by atoms with Crippen molar-refractivity contribution in [2.45, 2.75) is 60.8 Å². The van der Waals surface area contributed by atoms with Crippen molar-refractivity contribution in [2.24, 2.45) is 10.5 Å². The number of aromatic amines is 1. The van der Waals surface area contributed by atoms with Crippen LogP contribution in [0.15, 0.2) is 74.7 Å². The number of aromatic nitrogens is 2.